The smallest absolute Gasteiger partial charge is 0.238 e. The van der Waals surface area contributed by atoms with Crippen LogP contribution in [-0.2, 0) is 26.4 Å². The predicted octanol–water partition coefficient (Wildman–Crippen LogP) is 1.52. The second kappa shape index (κ2) is 7.51. The van der Waals surface area contributed by atoms with Gasteiger partial charge in [0, 0.05) is 25.0 Å². The average Bonchev–Trinajstić information content (AvgIpc) is 2.52. The number of hydrogen-bond donors (Lipinski definition) is 1. The van der Waals surface area contributed by atoms with Gasteiger partial charge in [-0.05, 0) is 42.0 Å². The van der Waals surface area contributed by atoms with Crippen LogP contribution < -0.4 is 10.0 Å². The van der Waals surface area contributed by atoms with Crippen LogP contribution in [0.5, 0.6) is 0 Å². The topological polar surface area (TPSA) is 97.5 Å². The Balaban J connectivity index is 2.28. The van der Waals surface area contributed by atoms with Crippen molar-refractivity contribution >= 4 is 25.5 Å². The number of nitrogens with zero attached hydrogens (tertiary/aromatic N) is 1. The van der Waals surface area contributed by atoms with Gasteiger partial charge < -0.3 is 4.90 Å². The van der Waals surface area contributed by atoms with Crippen molar-refractivity contribution in [3.05, 3.63) is 59.9 Å². The van der Waals surface area contributed by atoms with Crippen LogP contribution in [-0.4, -0.2) is 35.4 Å². The highest BCUT2D eigenvalue weighted by Crippen LogP contribution is 2.20. The van der Waals surface area contributed by atoms with Gasteiger partial charge >= 0.3 is 0 Å². The second-order valence-electron chi connectivity index (χ2n) is 5.72. The Morgan fingerprint density at radius 2 is 1.52 bits per heavy atom. The molecule has 0 saturated heterocycles. The molecule has 0 heterocycles. The third-order valence-corrected chi connectivity index (χ3v) is 5.40. The van der Waals surface area contributed by atoms with Crippen molar-refractivity contribution in [3.8, 4) is 0 Å². The molecular weight excluding hydrogens is 367 g/mol. The van der Waals surface area contributed by atoms with Crippen LogP contribution in [0.3, 0.4) is 0 Å². The summed E-state index contributed by atoms with van der Waals surface area (Å²) in [4.78, 5) is 1.75. The molecule has 0 aliphatic rings. The van der Waals surface area contributed by atoms with Gasteiger partial charge in [0.25, 0.3) is 0 Å². The summed E-state index contributed by atoms with van der Waals surface area (Å²) < 4.78 is 58.7. The summed E-state index contributed by atoms with van der Waals surface area (Å²) in [6, 6.07) is 11.7. The Hall–Kier alpha value is -1.97. The molecule has 0 aliphatic heterocycles. The lowest BCUT2D eigenvalue weighted by atomic mass is 10.2. The highest BCUT2D eigenvalue weighted by Gasteiger charge is 2.13. The van der Waals surface area contributed by atoms with Gasteiger partial charge in [0.1, 0.15) is 15.7 Å². The fourth-order valence-electron chi connectivity index (χ4n) is 2.23. The number of anilines is 1. The molecule has 0 unspecified atom stereocenters. The van der Waals surface area contributed by atoms with Crippen LogP contribution in [0.4, 0.5) is 10.1 Å². The maximum Gasteiger partial charge on any atom is 0.238 e. The third-order valence-electron chi connectivity index (χ3n) is 3.55. The Morgan fingerprint density at radius 3 is 2.00 bits per heavy atom. The molecule has 0 saturated carbocycles. The van der Waals surface area contributed by atoms with Crippen LogP contribution in [0.1, 0.15) is 5.56 Å². The van der Waals surface area contributed by atoms with Crippen LogP contribution in [0.25, 0.3) is 0 Å². The Kier molecular flexibility index (Phi) is 5.81. The molecule has 0 radical (unpaired) electrons. The van der Waals surface area contributed by atoms with Crippen LogP contribution in [0.2, 0.25) is 0 Å². The quantitative estimate of drug-likeness (QED) is 0.778. The maximum atomic E-state index is 13.0. The number of sulfonamides is 1. The number of nitrogens with two attached hydrogens (primary N) is 1. The van der Waals surface area contributed by atoms with E-state index in [1.54, 1.807) is 29.2 Å². The normalized spacial score (nSPS) is 12.1. The molecule has 2 N–H and O–H groups in total. The molecule has 0 atom stereocenters. The van der Waals surface area contributed by atoms with Gasteiger partial charge in [0.2, 0.25) is 10.0 Å². The molecule has 2 aromatic carbocycles. The number of primary sulfonamides is 1. The zero-order valence-corrected chi connectivity index (χ0v) is 15.2. The van der Waals surface area contributed by atoms with E-state index in [9.17, 15) is 21.2 Å². The number of rotatable bonds is 7. The molecule has 0 bridgehead atoms. The number of benzene rings is 2. The molecular formula is C16H19FN2O4S2. The monoisotopic (exact) mass is 386 g/mol. The first-order valence-corrected chi connectivity index (χ1v) is 11.0. The highest BCUT2D eigenvalue weighted by molar-refractivity contribution is 7.90. The van der Waals surface area contributed by atoms with E-state index in [2.05, 4.69) is 0 Å². The molecule has 0 amide bonds. The van der Waals surface area contributed by atoms with E-state index in [4.69, 9.17) is 5.14 Å². The molecule has 0 fully saturated rings. The van der Waals surface area contributed by atoms with Crippen LogP contribution >= 0.6 is 0 Å². The van der Waals surface area contributed by atoms with Crippen LogP contribution in [0, 0.1) is 5.82 Å². The van der Waals surface area contributed by atoms with E-state index < -0.39 is 19.9 Å². The van der Waals surface area contributed by atoms with Gasteiger partial charge in [0.05, 0.1) is 10.6 Å². The Morgan fingerprint density at radius 1 is 0.960 bits per heavy atom. The van der Waals surface area contributed by atoms with Gasteiger partial charge in [-0.2, -0.15) is 0 Å². The zero-order valence-electron chi connectivity index (χ0n) is 13.6. The van der Waals surface area contributed by atoms with E-state index in [0.717, 1.165) is 11.8 Å². The lowest BCUT2D eigenvalue weighted by Crippen LogP contribution is -2.28. The molecule has 0 spiro atoms. The van der Waals surface area contributed by atoms with Gasteiger partial charge in [0.15, 0.2) is 0 Å². The largest absolute Gasteiger partial charge is 0.366 e. The zero-order chi connectivity index (χ0) is 18.7. The van der Waals surface area contributed by atoms with Crippen molar-refractivity contribution in [2.45, 2.75) is 11.4 Å². The van der Waals surface area contributed by atoms with E-state index >= 15 is 0 Å². The maximum absolute atomic E-state index is 13.0. The molecule has 136 valence electrons. The molecule has 25 heavy (non-hydrogen) atoms. The lowest BCUT2D eigenvalue weighted by molar-refractivity contribution is 0.597. The number of sulfone groups is 1. The Labute approximate surface area is 147 Å². The molecule has 9 heteroatoms. The minimum atomic E-state index is -3.80. The van der Waals surface area contributed by atoms with E-state index in [1.807, 2.05) is 0 Å². The van der Waals surface area contributed by atoms with Crippen molar-refractivity contribution in [2.75, 3.05) is 23.5 Å². The lowest BCUT2D eigenvalue weighted by Gasteiger charge is -2.25. The molecule has 6 nitrogen and oxygen atoms in total. The first kappa shape index (κ1) is 19.4. The fraction of sp³-hybridized carbons (Fsp3) is 0.250. The van der Waals surface area contributed by atoms with E-state index in [1.165, 1.54) is 24.3 Å². The second-order valence-corrected chi connectivity index (χ2v) is 9.54. The SMILES string of the molecule is CS(=O)(=O)CCN(Cc1ccc(F)cc1)c1ccc(S(N)(=O)=O)cc1. The van der Waals surface area contributed by atoms with Crippen molar-refractivity contribution in [2.24, 2.45) is 5.14 Å². The van der Waals surface area contributed by atoms with Gasteiger partial charge in [-0.3, -0.25) is 0 Å². The molecule has 0 aliphatic carbocycles. The van der Waals surface area contributed by atoms with Crippen molar-refractivity contribution in [1.82, 2.24) is 0 Å². The summed E-state index contributed by atoms with van der Waals surface area (Å²) in [5, 5.41) is 5.08. The minimum Gasteiger partial charge on any atom is -0.366 e. The fourth-order valence-corrected chi connectivity index (χ4v) is 3.30. The summed E-state index contributed by atoms with van der Waals surface area (Å²) >= 11 is 0. The third kappa shape index (κ3) is 6.11. The van der Waals surface area contributed by atoms with Crippen LogP contribution in [0.15, 0.2) is 53.4 Å². The van der Waals surface area contributed by atoms with Gasteiger partial charge in [-0.1, -0.05) is 12.1 Å². The van der Waals surface area contributed by atoms with Crippen molar-refractivity contribution in [1.29, 1.82) is 0 Å². The van der Waals surface area contributed by atoms with Crippen molar-refractivity contribution < 1.29 is 21.2 Å². The first-order valence-electron chi connectivity index (χ1n) is 7.34. The highest BCUT2D eigenvalue weighted by atomic mass is 32.2. The molecule has 2 aromatic rings. The summed E-state index contributed by atoms with van der Waals surface area (Å²) in [5.74, 6) is -0.422. The standard InChI is InChI=1S/C16H19FN2O4S2/c1-24(20,21)11-10-19(12-13-2-4-14(17)5-3-13)15-6-8-16(9-7-15)25(18,22)23/h2-9H,10-12H2,1H3,(H2,18,22,23). The van der Waals surface area contributed by atoms with E-state index in [-0.39, 0.29) is 23.0 Å². The first-order chi connectivity index (χ1) is 11.5. The molecule has 2 rings (SSSR count). The summed E-state index contributed by atoms with van der Waals surface area (Å²) in [6.45, 7) is 0.565. The van der Waals surface area contributed by atoms with Crippen molar-refractivity contribution in [3.63, 3.8) is 0 Å². The predicted molar refractivity (Wildman–Crippen MR) is 95.0 cm³/mol. The summed E-state index contributed by atoms with van der Waals surface area (Å²) in [5.41, 5.74) is 1.44. The van der Waals surface area contributed by atoms with Gasteiger partial charge in [-0.25, -0.2) is 26.4 Å². The Bertz CT molecular complexity index is 925. The minimum absolute atomic E-state index is 0.0268. The van der Waals surface area contributed by atoms with Gasteiger partial charge in [-0.15, -0.1) is 0 Å². The average molecular weight is 386 g/mol. The summed E-state index contributed by atoms with van der Waals surface area (Å²) in [7, 11) is -6.98. The molecule has 0 aromatic heterocycles. The van der Waals surface area contributed by atoms with E-state index in [0.29, 0.717) is 12.2 Å². The summed E-state index contributed by atoms with van der Waals surface area (Å²) in [6.07, 6.45) is 1.15. The number of halogens is 1. The number of hydrogen-bond acceptors (Lipinski definition) is 5.